The Labute approximate surface area is 100.0 Å². The number of aryl methyl sites for hydroxylation is 1. The molecule has 0 fully saturated rings. The fraction of sp³-hybridized carbons (Fsp3) is 0.556. The summed E-state index contributed by atoms with van der Waals surface area (Å²) in [5.41, 5.74) is 6.84. The van der Waals surface area contributed by atoms with E-state index >= 15 is 0 Å². The van der Waals surface area contributed by atoms with Gasteiger partial charge in [0.25, 0.3) is 0 Å². The van der Waals surface area contributed by atoms with Gasteiger partial charge in [0, 0.05) is 0 Å². The van der Waals surface area contributed by atoms with Crippen molar-refractivity contribution in [2.24, 2.45) is 5.73 Å². The van der Waals surface area contributed by atoms with Crippen LogP contribution in [0.4, 0.5) is 0 Å². The molecule has 1 nitrogen and oxygen atoms in total. The first kappa shape index (κ1) is 11.7. The van der Waals surface area contributed by atoms with E-state index < -0.39 is 0 Å². The largest absolute Gasteiger partial charge is 0.330 e. The molecule has 0 unspecified atom stereocenters. The lowest BCUT2D eigenvalue weighted by atomic mass is 10.1. The zero-order valence-corrected chi connectivity index (χ0v) is 11.3. The fourth-order valence-corrected chi connectivity index (χ4v) is 4.10. The van der Waals surface area contributed by atoms with Crippen LogP contribution in [0.1, 0.15) is 24.8 Å². The van der Waals surface area contributed by atoms with Crippen molar-refractivity contribution < 1.29 is 0 Å². The van der Waals surface area contributed by atoms with Crippen molar-refractivity contribution in [1.29, 1.82) is 0 Å². The van der Waals surface area contributed by atoms with Crippen molar-refractivity contribution in [1.82, 2.24) is 0 Å². The highest BCUT2D eigenvalue weighted by Gasteiger charge is 2.03. The topological polar surface area (TPSA) is 26.0 Å². The summed E-state index contributed by atoms with van der Waals surface area (Å²) >= 11 is 8.77. The van der Waals surface area contributed by atoms with E-state index in [0.29, 0.717) is 0 Å². The van der Waals surface area contributed by atoms with Crippen molar-refractivity contribution in [3.8, 4) is 0 Å². The Morgan fingerprint density at radius 3 is 2.54 bits per heavy atom. The van der Waals surface area contributed by atoms with Gasteiger partial charge in [-0.3, -0.25) is 0 Å². The van der Waals surface area contributed by atoms with Crippen LogP contribution < -0.4 is 5.73 Å². The van der Waals surface area contributed by atoms with Crippen molar-refractivity contribution >= 4 is 43.2 Å². The van der Waals surface area contributed by atoms with Gasteiger partial charge in [0.2, 0.25) is 0 Å². The predicted octanol–water partition coefficient (Wildman–Crippen LogP) is 3.94. The molecular weight excluding hydrogens is 314 g/mol. The van der Waals surface area contributed by atoms with E-state index in [2.05, 4.69) is 37.9 Å². The van der Waals surface area contributed by atoms with E-state index in [0.717, 1.165) is 19.4 Å². The van der Waals surface area contributed by atoms with Gasteiger partial charge < -0.3 is 5.73 Å². The Bertz CT molecular complexity index is 260. The number of hydrogen-bond acceptors (Lipinski definition) is 2. The standard InChI is InChI=1S/C9H13Br2NS/c10-8-6-7(9(11)13-8)4-2-1-3-5-12/h6H,1-5,12H2. The molecule has 0 saturated heterocycles. The zero-order chi connectivity index (χ0) is 9.68. The second-order valence-corrected chi connectivity index (χ2v) is 6.70. The SMILES string of the molecule is NCCCCCc1cc(Br)sc1Br. The predicted molar refractivity (Wildman–Crippen MR) is 66.3 cm³/mol. The Balaban J connectivity index is 2.32. The van der Waals surface area contributed by atoms with Crippen molar-refractivity contribution in [3.63, 3.8) is 0 Å². The Morgan fingerprint density at radius 2 is 2.00 bits per heavy atom. The maximum Gasteiger partial charge on any atom is 0.0742 e. The van der Waals surface area contributed by atoms with E-state index in [-0.39, 0.29) is 0 Å². The van der Waals surface area contributed by atoms with Crippen molar-refractivity contribution in [2.45, 2.75) is 25.7 Å². The number of unbranched alkanes of at least 4 members (excludes halogenated alkanes) is 2. The monoisotopic (exact) mass is 325 g/mol. The van der Waals surface area contributed by atoms with Gasteiger partial charge in [-0.2, -0.15) is 0 Å². The van der Waals surface area contributed by atoms with Gasteiger partial charge in [0.15, 0.2) is 0 Å². The molecule has 4 heteroatoms. The molecule has 0 bridgehead atoms. The molecule has 0 aliphatic rings. The molecule has 74 valence electrons. The smallest absolute Gasteiger partial charge is 0.0742 e. The first-order valence-corrected chi connectivity index (χ1v) is 6.78. The first-order valence-electron chi connectivity index (χ1n) is 4.38. The molecule has 0 atom stereocenters. The van der Waals surface area contributed by atoms with Crippen LogP contribution in [-0.4, -0.2) is 6.54 Å². The summed E-state index contributed by atoms with van der Waals surface area (Å²) < 4.78 is 2.46. The lowest BCUT2D eigenvalue weighted by molar-refractivity contribution is 0.686. The lowest BCUT2D eigenvalue weighted by Gasteiger charge is -1.98. The molecule has 13 heavy (non-hydrogen) atoms. The number of nitrogens with two attached hydrogens (primary N) is 1. The molecule has 1 heterocycles. The number of hydrogen-bond donors (Lipinski definition) is 1. The maximum atomic E-state index is 5.43. The normalized spacial score (nSPS) is 10.7. The molecule has 0 spiro atoms. The molecule has 1 aromatic rings. The molecule has 0 radical (unpaired) electrons. The highest BCUT2D eigenvalue weighted by molar-refractivity contribution is 9.12. The van der Waals surface area contributed by atoms with Gasteiger partial charge in [-0.15, -0.1) is 11.3 Å². The van der Waals surface area contributed by atoms with Crippen LogP contribution in [0.2, 0.25) is 0 Å². The fourth-order valence-electron chi connectivity index (χ4n) is 1.18. The Morgan fingerprint density at radius 1 is 1.23 bits per heavy atom. The summed E-state index contributed by atoms with van der Waals surface area (Å²) in [5.74, 6) is 0. The molecule has 0 aliphatic heterocycles. The second kappa shape index (κ2) is 6.17. The molecular formula is C9H13Br2NS. The number of halogens is 2. The number of rotatable bonds is 5. The average Bonchev–Trinajstić information content (AvgIpc) is 2.39. The first-order chi connectivity index (χ1) is 6.24. The van der Waals surface area contributed by atoms with Gasteiger partial charge in [-0.25, -0.2) is 0 Å². The summed E-state index contributed by atoms with van der Waals surface area (Å²) in [6.45, 7) is 0.814. The van der Waals surface area contributed by atoms with Crippen LogP contribution >= 0.6 is 43.2 Å². The third-order valence-electron chi connectivity index (χ3n) is 1.88. The molecule has 2 N–H and O–H groups in total. The van der Waals surface area contributed by atoms with Gasteiger partial charge >= 0.3 is 0 Å². The van der Waals surface area contributed by atoms with Crippen LogP contribution in [0.15, 0.2) is 13.6 Å². The third-order valence-corrected chi connectivity index (χ3v) is 4.34. The van der Waals surface area contributed by atoms with Gasteiger partial charge in [-0.1, -0.05) is 6.42 Å². The summed E-state index contributed by atoms with van der Waals surface area (Å²) in [6.07, 6.45) is 4.76. The maximum absolute atomic E-state index is 5.43. The lowest BCUT2D eigenvalue weighted by Crippen LogP contribution is -1.98. The number of thiophene rings is 1. The highest BCUT2D eigenvalue weighted by Crippen LogP contribution is 2.32. The average molecular weight is 327 g/mol. The van der Waals surface area contributed by atoms with E-state index in [1.165, 1.54) is 26.0 Å². The Kier molecular flexibility index (Phi) is 5.55. The molecule has 1 rings (SSSR count). The van der Waals surface area contributed by atoms with E-state index in [4.69, 9.17) is 5.73 Å². The van der Waals surface area contributed by atoms with Crippen LogP contribution in [0.5, 0.6) is 0 Å². The highest BCUT2D eigenvalue weighted by atomic mass is 79.9. The van der Waals surface area contributed by atoms with Crippen molar-refractivity contribution in [3.05, 3.63) is 19.2 Å². The Hall–Kier alpha value is 0.620. The minimum Gasteiger partial charge on any atom is -0.330 e. The molecule has 0 amide bonds. The quantitative estimate of drug-likeness (QED) is 0.815. The van der Waals surface area contributed by atoms with Crippen LogP contribution in [-0.2, 0) is 6.42 Å². The van der Waals surface area contributed by atoms with Gasteiger partial charge in [-0.05, 0) is 69.3 Å². The summed E-state index contributed by atoms with van der Waals surface area (Å²) in [5, 5.41) is 0. The van der Waals surface area contributed by atoms with Crippen LogP contribution in [0.25, 0.3) is 0 Å². The zero-order valence-electron chi connectivity index (χ0n) is 7.35. The molecule has 1 aromatic heterocycles. The second-order valence-electron chi connectivity index (χ2n) is 2.95. The van der Waals surface area contributed by atoms with Crippen molar-refractivity contribution in [2.75, 3.05) is 6.54 Å². The molecule has 0 aliphatic carbocycles. The van der Waals surface area contributed by atoms with Crippen LogP contribution in [0, 0.1) is 0 Å². The summed E-state index contributed by atoms with van der Waals surface area (Å²) in [6, 6.07) is 2.19. The van der Waals surface area contributed by atoms with E-state index in [1.54, 1.807) is 11.3 Å². The van der Waals surface area contributed by atoms with Gasteiger partial charge in [0.1, 0.15) is 0 Å². The molecule has 0 saturated carbocycles. The van der Waals surface area contributed by atoms with Gasteiger partial charge in [0.05, 0.1) is 7.57 Å². The van der Waals surface area contributed by atoms with Crippen LogP contribution in [0.3, 0.4) is 0 Å². The minimum atomic E-state index is 0.814. The van der Waals surface area contributed by atoms with E-state index in [9.17, 15) is 0 Å². The molecule has 0 aromatic carbocycles. The summed E-state index contributed by atoms with van der Waals surface area (Å²) in [7, 11) is 0. The summed E-state index contributed by atoms with van der Waals surface area (Å²) in [4.78, 5) is 0. The third kappa shape index (κ3) is 4.11. The van der Waals surface area contributed by atoms with E-state index in [1.807, 2.05) is 0 Å². The minimum absolute atomic E-state index is 0.814.